The van der Waals surface area contributed by atoms with Gasteiger partial charge in [-0.05, 0) is 29.8 Å². The van der Waals surface area contributed by atoms with Gasteiger partial charge in [0.1, 0.15) is 5.58 Å². The van der Waals surface area contributed by atoms with Gasteiger partial charge in [-0.25, -0.2) is 4.79 Å². The van der Waals surface area contributed by atoms with Crippen LogP contribution < -0.4 is 10.4 Å². The molecule has 0 saturated heterocycles. The molecule has 0 radical (unpaired) electrons. The van der Waals surface area contributed by atoms with Crippen molar-refractivity contribution >= 4 is 11.0 Å². The van der Waals surface area contributed by atoms with Crippen LogP contribution in [0.1, 0.15) is 5.56 Å². The average Bonchev–Trinajstić information content (AvgIpc) is 2.53. The molecule has 0 spiro atoms. The first-order valence-corrected chi connectivity index (χ1v) is 6.82. The summed E-state index contributed by atoms with van der Waals surface area (Å²) in [6.07, 6.45) is -4.45. The number of rotatable bonds is 2. The molecule has 2 aromatic carbocycles. The highest BCUT2D eigenvalue weighted by molar-refractivity contribution is 5.84. The second-order valence-electron chi connectivity index (χ2n) is 5.08. The molecule has 0 atom stereocenters. The van der Waals surface area contributed by atoms with Gasteiger partial charge in [0.25, 0.3) is 0 Å². The minimum absolute atomic E-state index is 0.115. The molecule has 3 rings (SSSR count). The molecule has 124 valence electrons. The maximum atomic E-state index is 12.6. The van der Waals surface area contributed by atoms with Crippen LogP contribution in [0.4, 0.5) is 13.2 Å². The fourth-order valence-electron chi connectivity index (χ4n) is 2.34. The molecule has 7 heteroatoms. The van der Waals surface area contributed by atoms with Crippen LogP contribution >= 0.6 is 0 Å². The predicted octanol–water partition coefficient (Wildman–Crippen LogP) is 4.19. The lowest BCUT2D eigenvalue weighted by atomic mass is 10.0. The minimum Gasteiger partial charge on any atom is -0.504 e. The van der Waals surface area contributed by atoms with Crippen molar-refractivity contribution in [3.8, 4) is 22.6 Å². The van der Waals surface area contributed by atoms with E-state index in [4.69, 9.17) is 9.15 Å². The van der Waals surface area contributed by atoms with Gasteiger partial charge in [-0.1, -0.05) is 12.1 Å². The fourth-order valence-corrected chi connectivity index (χ4v) is 2.34. The Morgan fingerprint density at radius 3 is 2.33 bits per heavy atom. The quantitative estimate of drug-likeness (QED) is 0.713. The van der Waals surface area contributed by atoms with Crippen LogP contribution in [-0.4, -0.2) is 12.2 Å². The van der Waals surface area contributed by atoms with E-state index in [1.54, 1.807) is 0 Å². The maximum Gasteiger partial charge on any atom is 0.416 e. The van der Waals surface area contributed by atoms with Crippen LogP contribution in [-0.2, 0) is 6.18 Å². The maximum absolute atomic E-state index is 12.6. The van der Waals surface area contributed by atoms with E-state index in [2.05, 4.69) is 0 Å². The van der Waals surface area contributed by atoms with Gasteiger partial charge < -0.3 is 14.3 Å². The molecule has 0 aliphatic heterocycles. The van der Waals surface area contributed by atoms with Gasteiger partial charge in [0.15, 0.2) is 11.5 Å². The van der Waals surface area contributed by atoms with Gasteiger partial charge in [0.2, 0.25) is 0 Å². The number of ether oxygens (including phenoxy) is 1. The van der Waals surface area contributed by atoms with Crippen molar-refractivity contribution in [1.82, 2.24) is 0 Å². The number of aromatic hydroxyl groups is 1. The summed E-state index contributed by atoms with van der Waals surface area (Å²) in [7, 11) is 1.37. The van der Waals surface area contributed by atoms with E-state index in [-0.39, 0.29) is 22.6 Å². The van der Waals surface area contributed by atoms with E-state index in [0.29, 0.717) is 10.9 Å². The third-order valence-electron chi connectivity index (χ3n) is 3.56. The number of fused-ring (bicyclic) bond motifs is 1. The van der Waals surface area contributed by atoms with Gasteiger partial charge in [0.05, 0.1) is 18.2 Å². The highest BCUT2D eigenvalue weighted by atomic mass is 19.4. The molecule has 0 saturated carbocycles. The molecule has 0 bridgehead atoms. The van der Waals surface area contributed by atoms with Crippen molar-refractivity contribution in [1.29, 1.82) is 0 Å². The molecule has 4 nitrogen and oxygen atoms in total. The van der Waals surface area contributed by atoms with Crippen molar-refractivity contribution < 1.29 is 27.4 Å². The number of benzene rings is 2. The standard InChI is InChI=1S/C17H11F3O4/c1-23-15-7-10-6-12(16(22)24-14(10)8-13(15)21)9-2-4-11(5-3-9)17(18,19)20/h2-8,21H,1H3. The topological polar surface area (TPSA) is 59.7 Å². The van der Waals surface area contributed by atoms with E-state index in [9.17, 15) is 23.1 Å². The van der Waals surface area contributed by atoms with E-state index in [0.717, 1.165) is 12.1 Å². The lowest BCUT2D eigenvalue weighted by Crippen LogP contribution is -2.06. The third kappa shape index (κ3) is 2.80. The summed E-state index contributed by atoms with van der Waals surface area (Å²) >= 11 is 0. The molecular formula is C17H11F3O4. The zero-order valence-electron chi connectivity index (χ0n) is 12.3. The summed E-state index contributed by atoms with van der Waals surface area (Å²) in [5.74, 6) is 0.00477. The van der Waals surface area contributed by atoms with E-state index >= 15 is 0 Å². The molecule has 1 N–H and O–H groups in total. The Balaban J connectivity index is 2.14. The van der Waals surface area contributed by atoms with Gasteiger partial charge >= 0.3 is 11.8 Å². The highest BCUT2D eigenvalue weighted by Crippen LogP contribution is 2.33. The first-order chi connectivity index (χ1) is 11.3. The number of alkyl halides is 3. The molecular weight excluding hydrogens is 325 g/mol. The number of halogens is 3. The van der Waals surface area contributed by atoms with Crippen LogP contribution in [0.15, 0.2) is 51.7 Å². The lowest BCUT2D eigenvalue weighted by Gasteiger charge is -2.08. The molecule has 3 aromatic rings. The largest absolute Gasteiger partial charge is 0.504 e. The smallest absolute Gasteiger partial charge is 0.416 e. The van der Waals surface area contributed by atoms with Crippen LogP contribution in [0.3, 0.4) is 0 Å². The molecule has 0 aliphatic rings. The van der Waals surface area contributed by atoms with Gasteiger partial charge in [-0.3, -0.25) is 0 Å². The molecule has 24 heavy (non-hydrogen) atoms. The molecule has 0 aliphatic carbocycles. The van der Waals surface area contributed by atoms with E-state index in [1.165, 1.54) is 37.4 Å². The molecule has 1 aromatic heterocycles. The summed E-state index contributed by atoms with van der Waals surface area (Å²) in [5, 5.41) is 10.2. The second kappa shape index (κ2) is 5.59. The fraction of sp³-hybridized carbons (Fsp3) is 0.118. The molecule has 0 unspecified atom stereocenters. The van der Waals surface area contributed by atoms with Crippen molar-refractivity contribution in [2.24, 2.45) is 0 Å². The van der Waals surface area contributed by atoms with Crippen LogP contribution in [0, 0.1) is 0 Å². The Labute approximate surface area is 133 Å². The Hall–Kier alpha value is -2.96. The molecule has 1 heterocycles. The van der Waals surface area contributed by atoms with Crippen molar-refractivity contribution in [2.75, 3.05) is 7.11 Å². The zero-order valence-corrected chi connectivity index (χ0v) is 12.3. The first-order valence-electron chi connectivity index (χ1n) is 6.82. The Morgan fingerprint density at radius 1 is 1.08 bits per heavy atom. The zero-order chi connectivity index (χ0) is 17.5. The highest BCUT2D eigenvalue weighted by Gasteiger charge is 2.30. The molecule has 0 amide bonds. The van der Waals surface area contributed by atoms with E-state index in [1.807, 2.05) is 0 Å². The number of methoxy groups -OCH3 is 1. The Bertz CT molecular complexity index is 956. The number of phenolic OH excluding ortho intramolecular Hbond substituents is 1. The van der Waals surface area contributed by atoms with E-state index < -0.39 is 17.4 Å². The van der Waals surface area contributed by atoms with Crippen LogP contribution in [0.2, 0.25) is 0 Å². The van der Waals surface area contributed by atoms with Crippen molar-refractivity contribution in [3.63, 3.8) is 0 Å². The first kappa shape index (κ1) is 15.9. The summed E-state index contributed by atoms with van der Waals surface area (Å²) in [5.41, 5.74) is -0.960. The van der Waals surface area contributed by atoms with Gasteiger partial charge in [-0.2, -0.15) is 13.2 Å². The third-order valence-corrected chi connectivity index (χ3v) is 3.56. The summed E-state index contributed by atoms with van der Waals surface area (Å²) in [4.78, 5) is 12.1. The lowest BCUT2D eigenvalue weighted by molar-refractivity contribution is -0.137. The SMILES string of the molecule is COc1cc2cc(-c3ccc(C(F)(F)F)cc3)c(=O)oc2cc1O. The van der Waals surface area contributed by atoms with Crippen molar-refractivity contribution in [2.45, 2.75) is 6.18 Å². The van der Waals surface area contributed by atoms with Gasteiger partial charge in [-0.15, -0.1) is 0 Å². The Morgan fingerprint density at radius 2 is 1.75 bits per heavy atom. The summed E-state index contributed by atoms with van der Waals surface area (Å²) < 4.78 is 48.0. The summed E-state index contributed by atoms with van der Waals surface area (Å²) in [6, 6.07) is 8.41. The average molecular weight is 336 g/mol. The summed E-state index contributed by atoms with van der Waals surface area (Å²) in [6.45, 7) is 0. The van der Waals surface area contributed by atoms with Crippen molar-refractivity contribution in [3.05, 3.63) is 58.4 Å². The number of hydrogen-bond acceptors (Lipinski definition) is 4. The second-order valence-corrected chi connectivity index (χ2v) is 5.08. The Kier molecular flexibility index (Phi) is 3.71. The minimum atomic E-state index is -4.45. The normalized spacial score (nSPS) is 11.7. The van der Waals surface area contributed by atoms with Crippen LogP contribution in [0.25, 0.3) is 22.1 Å². The van der Waals surface area contributed by atoms with Crippen LogP contribution in [0.5, 0.6) is 11.5 Å². The predicted molar refractivity (Wildman–Crippen MR) is 81.1 cm³/mol. The number of phenols is 1. The molecule has 0 fully saturated rings. The van der Waals surface area contributed by atoms with Gasteiger partial charge in [0, 0.05) is 11.5 Å². The number of hydrogen-bond donors (Lipinski definition) is 1. The monoisotopic (exact) mass is 336 g/mol.